The normalized spacial score (nSPS) is 16.3. The first-order valence-corrected chi connectivity index (χ1v) is 8.23. The summed E-state index contributed by atoms with van der Waals surface area (Å²) in [4.78, 5) is 12.6. The van der Waals surface area contributed by atoms with Crippen LogP contribution in [-0.2, 0) is 9.53 Å². The smallest absolute Gasteiger partial charge is 0.338 e. The quantitative estimate of drug-likeness (QED) is 0.425. The Morgan fingerprint density at radius 3 is 2.35 bits per heavy atom. The minimum absolute atomic E-state index is 0.113. The fourth-order valence-electron chi connectivity index (χ4n) is 2.69. The molecule has 0 saturated heterocycles. The molecule has 8 heteroatoms. The number of benzene rings is 1. The van der Waals surface area contributed by atoms with Gasteiger partial charge >= 0.3 is 5.97 Å². The summed E-state index contributed by atoms with van der Waals surface area (Å²) < 4.78 is 21.4. The second-order valence-corrected chi connectivity index (χ2v) is 5.82. The molecule has 0 aliphatic carbocycles. The van der Waals surface area contributed by atoms with Crippen LogP contribution in [0.4, 0.5) is 0 Å². The lowest BCUT2D eigenvalue weighted by atomic mass is 9.95. The summed E-state index contributed by atoms with van der Waals surface area (Å²) in [7, 11) is 4.59. The van der Waals surface area contributed by atoms with E-state index in [4.69, 9.17) is 31.2 Å². The third-order valence-corrected chi connectivity index (χ3v) is 4.06. The molecular formula is C18H22N2O5S. The fourth-order valence-corrected chi connectivity index (χ4v) is 2.97. The van der Waals surface area contributed by atoms with Gasteiger partial charge in [0.2, 0.25) is 5.75 Å². The Labute approximate surface area is 157 Å². The summed E-state index contributed by atoms with van der Waals surface area (Å²) in [6.45, 7) is 5.44. The van der Waals surface area contributed by atoms with Crippen LogP contribution in [0.5, 0.6) is 17.2 Å². The number of nitrogens with one attached hydrogen (secondary N) is 2. The van der Waals surface area contributed by atoms with Gasteiger partial charge in [0, 0.05) is 5.70 Å². The molecule has 0 aromatic heterocycles. The van der Waals surface area contributed by atoms with Crippen molar-refractivity contribution in [1.82, 2.24) is 10.6 Å². The molecule has 1 unspecified atom stereocenters. The van der Waals surface area contributed by atoms with Crippen molar-refractivity contribution >= 4 is 23.3 Å². The minimum atomic E-state index is -0.533. The predicted molar refractivity (Wildman–Crippen MR) is 102 cm³/mol. The summed E-state index contributed by atoms with van der Waals surface area (Å²) >= 11 is 5.25. The van der Waals surface area contributed by atoms with Gasteiger partial charge in [-0.2, -0.15) is 0 Å². The third kappa shape index (κ3) is 3.91. The molecule has 1 heterocycles. The molecule has 1 aliphatic rings. The molecular weight excluding hydrogens is 356 g/mol. The molecule has 0 fully saturated rings. The van der Waals surface area contributed by atoms with Crippen LogP contribution in [0.2, 0.25) is 0 Å². The summed E-state index contributed by atoms with van der Waals surface area (Å²) in [5, 5.41) is 6.45. The molecule has 0 amide bonds. The number of thiocarbonyl (C=S) groups is 1. The standard InChI is InChI=1S/C18H22N2O5S/c1-6-7-25-17(21)14-10(2)19-18(26)20-15(14)11-8-12(22-3)16(24-5)13(9-11)23-4/h6,8-9,15H,1,7H2,2-5H3,(H2,19,20,26). The van der Waals surface area contributed by atoms with E-state index < -0.39 is 12.0 Å². The number of hydrogen-bond donors (Lipinski definition) is 2. The van der Waals surface area contributed by atoms with E-state index in [9.17, 15) is 4.79 Å². The first kappa shape index (κ1) is 19.6. The Bertz CT molecular complexity index is 735. The minimum Gasteiger partial charge on any atom is -0.493 e. The molecule has 7 nitrogen and oxygen atoms in total. The highest BCUT2D eigenvalue weighted by molar-refractivity contribution is 7.80. The van der Waals surface area contributed by atoms with E-state index in [1.54, 1.807) is 19.1 Å². The van der Waals surface area contributed by atoms with Crippen molar-refractivity contribution in [3.05, 3.63) is 41.6 Å². The van der Waals surface area contributed by atoms with E-state index in [1.807, 2.05) is 0 Å². The average molecular weight is 378 g/mol. The Hall–Kier alpha value is -2.74. The number of rotatable bonds is 7. The second kappa shape index (κ2) is 8.57. The number of carbonyl (C=O) groups is 1. The van der Waals surface area contributed by atoms with Gasteiger partial charge in [-0.05, 0) is 36.8 Å². The molecule has 1 aliphatic heterocycles. The molecule has 0 spiro atoms. The van der Waals surface area contributed by atoms with Gasteiger partial charge in [-0.3, -0.25) is 0 Å². The van der Waals surface area contributed by atoms with Gasteiger partial charge in [-0.1, -0.05) is 12.7 Å². The maximum Gasteiger partial charge on any atom is 0.338 e. The molecule has 140 valence electrons. The van der Waals surface area contributed by atoms with Crippen molar-refractivity contribution < 1.29 is 23.7 Å². The lowest BCUT2D eigenvalue weighted by molar-refractivity contribution is -0.138. The van der Waals surface area contributed by atoms with Crippen LogP contribution in [0.3, 0.4) is 0 Å². The molecule has 1 atom stereocenters. The first-order chi connectivity index (χ1) is 12.5. The number of methoxy groups -OCH3 is 3. The summed E-state index contributed by atoms with van der Waals surface area (Å²) in [5.74, 6) is 0.949. The van der Waals surface area contributed by atoms with Crippen molar-refractivity contribution in [2.45, 2.75) is 13.0 Å². The van der Waals surface area contributed by atoms with E-state index in [2.05, 4.69) is 17.2 Å². The number of hydrogen-bond acceptors (Lipinski definition) is 6. The SMILES string of the molecule is C=CCOC(=O)C1=C(C)NC(=S)NC1c1cc(OC)c(OC)c(OC)c1. The van der Waals surface area contributed by atoms with Gasteiger partial charge in [0.1, 0.15) is 6.61 Å². The lowest BCUT2D eigenvalue weighted by Gasteiger charge is -2.30. The lowest BCUT2D eigenvalue weighted by Crippen LogP contribution is -2.45. The van der Waals surface area contributed by atoms with Crippen LogP contribution >= 0.6 is 12.2 Å². The Morgan fingerprint density at radius 2 is 1.85 bits per heavy atom. The highest BCUT2D eigenvalue weighted by atomic mass is 32.1. The highest BCUT2D eigenvalue weighted by Crippen LogP contribution is 2.41. The largest absolute Gasteiger partial charge is 0.493 e. The van der Waals surface area contributed by atoms with E-state index in [1.165, 1.54) is 27.4 Å². The fraction of sp³-hybridized carbons (Fsp3) is 0.333. The topological polar surface area (TPSA) is 78.1 Å². The van der Waals surface area contributed by atoms with Crippen molar-refractivity contribution in [3.63, 3.8) is 0 Å². The van der Waals surface area contributed by atoms with Crippen LogP contribution < -0.4 is 24.8 Å². The number of allylic oxidation sites excluding steroid dienone is 1. The van der Waals surface area contributed by atoms with Gasteiger partial charge in [-0.25, -0.2) is 4.79 Å². The average Bonchev–Trinajstić information content (AvgIpc) is 2.64. The van der Waals surface area contributed by atoms with Crippen molar-refractivity contribution in [1.29, 1.82) is 0 Å². The maximum atomic E-state index is 12.6. The zero-order valence-electron chi connectivity index (χ0n) is 15.2. The Morgan fingerprint density at radius 1 is 1.23 bits per heavy atom. The number of ether oxygens (including phenoxy) is 4. The molecule has 1 aromatic carbocycles. The molecule has 2 rings (SSSR count). The maximum absolute atomic E-state index is 12.6. The summed E-state index contributed by atoms with van der Waals surface area (Å²) in [5.41, 5.74) is 1.74. The van der Waals surface area contributed by atoms with E-state index in [-0.39, 0.29) is 6.61 Å². The van der Waals surface area contributed by atoms with E-state index >= 15 is 0 Å². The van der Waals surface area contributed by atoms with Crippen LogP contribution in [0.15, 0.2) is 36.1 Å². The zero-order chi connectivity index (χ0) is 19.3. The van der Waals surface area contributed by atoms with Crippen LogP contribution in [0.1, 0.15) is 18.5 Å². The van der Waals surface area contributed by atoms with Gasteiger partial charge in [0.05, 0.1) is 32.9 Å². The summed E-state index contributed by atoms with van der Waals surface area (Å²) in [6.07, 6.45) is 1.51. The molecule has 0 saturated carbocycles. The predicted octanol–water partition coefficient (Wildman–Crippen LogP) is 2.23. The Kier molecular flexibility index (Phi) is 6.46. The van der Waals surface area contributed by atoms with E-state index in [0.29, 0.717) is 39.2 Å². The van der Waals surface area contributed by atoms with Gasteiger partial charge in [-0.15, -0.1) is 0 Å². The van der Waals surface area contributed by atoms with Crippen molar-refractivity contribution in [2.75, 3.05) is 27.9 Å². The van der Waals surface area contributed by atoms with Crippen LogP contribution in [0.25, 0.3) is 0 Å². The van der Waals surface area contributed by atoms with E-state index in [0.717, 1.165) is 0 Å². The monoisotopic (exact) mass is 378 g/mol. The van der Waals surface area contributed by atoms with Crippen molar-refractivity contribution in [3.8, 4) is 17.2 Å². The highest BCUT2D eigenvalue weighted by Gasteiger charge is 2.32. The molecule has 2 N–H and O–H groups in total. The molecule has 0 radical (unpaired) electrons. The number of carbonyl (C=O) groups excluding carboxylic acids is 1. The first-order valence-electron chi connectivity index (χ1n) is 7.83. The summed E-state index contributed by atoms with van der Waals surface area (Å²) in [6, 6.07) is 3.00. The van der Waals surface area contributed by atoms with Crippen LogP contribution in [-0.4, -0.2) is 39.0 Å². The zero-order valence-corrected chi connectivity index (χ0v) is 16.0. The van der Waals surface area contributed by atoms with Crippen molar-refractivity contribution in [2.24, 2.45) is 0 Å². The Balaban J connectivity index is 2.55. The van der Waals surface area contributed by atoms with Crippen LogP contribution in [0, 0.1) is 0 Å². The van der Waals surface area contributed by atoms with Gasteiger partial charge in [0.15, 0.2) is 16.6 Å². The third-order valence-electron chi connectivity index (χ3n) is 3.84. The van der Waals surface area contributed by atoms with Gasteiger partial charge in [0.25, 0.3) is 0 Å². The number of esters is 1. The molecule has 1 aromatic rings. The molecule has 0 bridgehead atoms. The second-order valence-electron chi connectivity index (χ2n) is 5.42. The molecule has 26 heavy (non-hydrogen) atoms. The van der Waals surface area contributed by atoms with Gasteiger partial charge < -0.3 is 29.6 Å².